The summed E-state index contributed by atoms with van der Waals surface area (Å²) in [5.41, 5.74) is 7.82. The molecule has 1 heterocycles. The zero-order valence-corrected chi connectivity index (χ0v) is 8.97. The smallest absolute Gasteiger partial charge is 0.134 e. The van der Waals surface area contributed by atoms with E-state index in [0.29, 0.717) is 11.1 Å². The number of halogens is 1. The lowest BCUT2D eigenvalue weighted by molar-refractivity contribution is 0.513. The van der Waals surface area contributed by atoms with Gasteiger partial charge in [-0.05, 0) is 18.9 Å². The Morgan fingerprint density at radius 3 is 2.46 bits per heavy atom. The van der Waals surface area contributed by atoms with E-state index in [4.69, 9.17) is 17.3 Å². The van der Waals surface area contributed by atoms with Gasteiger partial charge in [0.1, 0.15) is 5.15 Å². The van der Waals surface area contributed by atoms with Gasteiger partial charge in [0.2, 0.25) is 0 Å². The van der Waals surface area contributed by atoms with E-state index < -0.39 is 0 Å². The number of aryl methyl sites for hydroxylation is 1. The highest BCUT2D eigenvalue weighted by Crippen LogP contribution is 2.24. The molecule has 2 N–H and O–H groups in total. The Bertz CT molecular complexity index is 297. The van der Waals surface area contributed by atoms with Crippen LogP contribution in [0, 0.1) is 12.8 Å². The van der Waals surface area contributed by atoms with Crippen LogP contribution in [0.25, 0.3) is 0 Å². The standard InChI is InChI=1S/C10H15ClN2/c1-6(2)9(12)8-5-4-7(3)13-10(8)11/h4-6,9H,12H2,1-3H3/t9-/m0/s1. The molecule has 0 saturated heterocycles. The summed E-state index contributed by atoms with van der Waals surface area (Å²) in [7, 11) is 0. The molecule has 13 heavy (non-hydrogen) atoms. The van der Waals surface area contributed by atoms with Gasteiger partial charge in [-0.3, -0.25) is 0 Å². The summed E-state index contributed by atoms with van der Waals surface area (Å²) >= 11 is 5.98. The topological polar surface area (TPSA) is 38.9 Å². The van der Waals surface area contributed by atoms with Gasteiger partial charge in [0, 0.05) is 17.3 Å². The van der Waals surface area contributed by atoms with E-state index in [0.717, 1.165) is 11.3 Å². The van der Waals surface area contributed by atoms with Crippen molar-refractivity contribution in [2.24, 2.45) is 11.7 Å². The molecule has 0 saturated carbocycles. The molecule has 0 aliphatic rings. The van der Waals surface area contributed by atoms with E-state index in [2.05, 4.69) is 18.8 Å². The largest absolute Gasteiger partial charge is 0.324 e. The minimum absolute atomic E-state index is 0.0272. The van der Waals surface area contributed by atoms with Crippen molar-refractivity contribution in [1.82, 2.24) is 4.98 Å². The maximum atomic E-state index is 5.98. The Labute approximate surface area is 84.1 Å². The fraction of sp³-hybridized carbons (Fsp3) is 0.500. The molecule has 0 unspecified atom stereocenters. The van der Waals surface area contributed by atoms with Gasteiger partial charge >= 0.3 is 0 Å². The normalized spacial score (nSPS) is 13.4. The number of rotatable bonds is 2. The van der Waals surface area contributed by atoms with Crippen molar-refractivity contribution in [2.45, 2.75) is 26.8 Å². The van der Waals surface area contributed by atoms with Crippen LogP contribution in [-0.2, 0) is 0 Å². The van der Waals surface area contributed by atoms with Crippen LogP contribution < -0.4 is 5.73 Å². The van der Waals surface area contributed by atoms with Crippen molar-refractivity contribution in [3.05, 3.63) is 28.5 Å². The predicted octanol–water partition coefficient (Wildman–Crippen LogP) is 2.70. The third-order valence-corrected chi connectivity index (χ3v) is 2.40. The number of aromatic nitrogens is 1. The molecule has 1 aromatic heterocycles. The third-order valence-electron chi connectivity index (χ3n) is 2.09. The number of nitrogens with zero attached hydrogens (tertiary/aromatic N) is 1. The van der Waals surface area contributed by atoms with Crippen molar-refractivity contribution in [1.29, 1.82) is 0 Å². The lowest BCUT2D eigenvalue weighted by Crippen LogP contribution is -2.17. The minimum Gasteiger partial charge on any atom is -0.324 e. The quantitative estimate of drug-likeness (QED) is 0.743. The SMILES string of the molecule is Cc1ccc([C@@H](N)C(C)C)c(Cl)n1. The van der Waals surface area contributed by atoms with Gasteiger partial charge in [-0.25, -0.2) is 4.98 Å². The average molecular weight is 199 g/mol. The first kappa shape index (κ1) is 10.5. The van der Waals surface area contributed by atoms with E-state index in [-0.39, 0.29) is 6.04 Å². The van der Waals surface area contributed by atoms with Crippen molar-refractivity contribution in [3.63, 3.8) is 0 Å². The molecule has 0 fully saturated rings. The monoisotopic (exact) mass is 198 g/mol. The Morgan fingerprint density at radius 1 is 1.38 bits per heavy atom. The molecule has 0 aromatic carbocycles. The Kier molecular flexibility index (Phi) is 3.28. The Balaban J connectivity index is 3.01. The summed E-state index contributed by atoms with van der Waals surface area (Å²) in [6, 6.07) is 3.86. The van der Waals surface area contributed by atoms with Gasteiger partial charge in [-0.2, -0.15) is 0 Å². The van der Waals surface area contributed by atoms with Gasteiger partial charge in [0.05, 0.1) is 0 Å². The average Bonchev–Trinajstić information content (AvgIpc) is 2.03. The van der Waals surface area contributed by atoms with Gasteiger partial charge in [0.25, 0.3) is 0 Å². The molecular weight excluding hydrogens is 184 g/mol. The number of nitrogens with two attached hydrogens (primary N) is 1. The van der Waals surface area contributed by atoms with Crippen LogP contribution >= 0.6 is 11.6 Å². The zero-order chi connectivity index (χ0) is 10.0. The van der Waals surface area contributed by atoms with Crippen LogP contribution in [0.2, 0.25) is 5.15 Å². The van der Waals surface area contributed by atoms with Crippen molar-refractivity contribution in [3.8, 4) is 0 Å². The number of hydrogen-bond donors (Lipinski definition) is 1. The van der Waals surface area contributed by atoms with E-state index in [1.807, 2.05) is 19.1 Å². The minimum atomic E-state index is -0.0272. The van der Waals surface area contributed by atoms with Gasteiger partial charge < -0.3 is 5.73 Å². The van der Waals surface area contributed by atoms with Crippen molar-refractivity contribution in [2.75, 3.05) is 0 Å². The van der Waals surface area contributed by atoms with Crippen LogP contribution in [0.5, 0.6) is 0 Å². The van der Waals surface area contributed by atoms with Crippen molar-refractivity contribution < 1.29 is 0 Å². The third kappa shape index (κ3) is 2.42. The van der Waals surface area contributed by atoms with E-state index >= 15 is 0 Å². The molecule has 0 aliphatic carbocycles. The first-order valence-electron chi connectivity index (χ1n) is 4.41. The molecule has 0 aliphatic heterocycles. The second-order valence-electron chi connectivity index (χ2n) is 3.60. The maximum absolute atomic E-state index is 5.98. The lowest BCUT2D eigenvalue weighted by atomic mass is 9.98. The molecule has 0 radical (unpaired) electrons. The lowest BCUT2D eigenvalue weighted by Gasteiger charge is -2.16. The van der Waals surface area contributed by atoms with E-state index in [1.165, 1.54) is 0 Å². The highest BCUT2D eigenvalue weighted by molar-refractivity contribution is 6.30. The van der Waals surface area contributed by atoms with Crippen LogP contribution in [0.1, 0.15) is 31.1 Å². The highest BCUT2D eigenvalue weighted by atomic mass is 35.5. The summed E-state index contributed by atoms with van der Waals surface area (Å²) in [4.78, 5) is 4.16. The number of hydrogen-bond acceptors (Lipinski definition) is 2. The predicted molar refractivity (Wildman–Crippen MR) is 55.8 cm³/mol. The fourth-order valence-corrected chi connectivity index (χ4v) is 1.47. The molecule has 1 atom stereocenters. The molecule has 1 rings (SSSR count). The second kappa shape index (κ2) is 4.07. The molecule has 3 heteroatoms. The second-order valence-corrected chi connectivity index (χ2v) is 3.96. The maximum Gasteiger partial charge on any atom is 0.134 e. The zero-order valence-electron chi connectivity index (χ0n) is 8.21. The molecule has 1 aromatic rings. The summed E-state index contributed by atoms with van der Waals surface area (Å²) in [5, 5.41) is 0.529. The summed E-state index contributed by atoms with van der Waals surface area (Å²) < 4.78 is 0. The molecule has 0 amide bonds. The van der Waals surface area contributed by atoms with Gasteiger partial charge in [0.15, 0.2) is 0 Å². The first-order valence-corrected chi connectivity index (χ1v) is 4.78. The Morgan fingerprint density at radius 2 is 2.00 bits per heavy atom. The van der Waals surface area contributed by atoms with Crippen LogP contribution in [0.15, 0.2) is 12.1 Å². The highest BCUT2D eigenvalue weighted by Gasteiger charge is 2.14. The fourth-order valence-electron chi connectivity index (χ4n) is 1.14. The van der Waals surface area contributed by atoms with Crippen LogP contribution in [0.4, 0.5) is 0 Å². The molecular formula is C10H15ClN2. The summed E-state index contributed by atoms with van der Waals surface area (Å²) in [6.07, 6.45) is 0. The van der Waals surface area contributed by atoms with Gasteiger partial charge in [-0.15, -0.1) is 0 Å². The number of pyridine rings is 1. The summed E-state index contributed by atoms with van der Waals surface area (Å²) in [6.45, 7) is 6.05. The van der Waals surface area contributed by atoms with Crippen molar-refractivity contribution >= 4 is 11.6 Å². The molecule has 0 bridgehead atoms. The van der Waals surface area contributed by atoms with Crippen LogP contribution in [0.3, 0.4) is 0 Å². The van der Waals surface area contributed by atoms with Crippen LogP contribution in [-0.4, -0.2) is 4.98 Å². The summed E-state index contributed by atoms with van der Waals surface area (Å²) in [5.74, 6) is 0.377. The first-order chi connectivity index (χ1) is 6.02. The van der Waals surface area contributed by atoms with E-state index in [1.54, 1.807) is 0 Å². The Hall–Kier alpha value is -0.600. The molecule has 0 spiro atoms. The van der Waals surface area contributed by atoms with Gasteiger partial charge in [-0.1, -0.05) is 31.5 Å². The molecule has 72 valence electrons. The van der Waals surface area contributed by atoms with E-state index in [9.17, 15) is 0 Å². The molecule has 2 nitrogen and oxygen atoms in total.